The Morgan fingerprint density at radius 1 is 0.882 bits per heavy atom. The Balaban J connectivity index is 1.19. The van der Waals surface area contributed by atoms with Gasteiger partial charge in [-0.1, -0.05) is 54.6 Å². The van der Waals surface area contributed by atoms with Crippen molar-refractivity contribution in [3.05, 3.63) is 84.4 Å². The van der Waals surface area contributed by atoms with E-state index in [4.69, 9.17) is 4.74 Å². The molecule has 0 aliphatic carbocycles. The quantitative estimate of drug-likeness (QED) is 0.417. The molecule has 180 valence electrons. The van der Waals surface area contributed by atoms with E-state index >= 15 is 0 Å². The molecule has 0 amide bonds. The first-order valence-electron chi connectivity index (χ1n) is 12.0. The van der Waals surface area contributed by atoms with Crippen LogP contribution in [0.3, 0.4) is 0 Å². The first-order valence-corrected chi connectivity index (χ1v) is 13.5. The Morgan fingerprint density at radius 2 is 1.50 bits per heavy atom. The Bertz CT molecular complexity index is 1120. The third kappa shape index (κ3) is 6.69. The zero-order valence-electron chi connectivity index (χ0n) is 19.8. The molecule has 34 heavy (non-hydrogen) atoms. The Kier molecular flexibility index (Phi) is 8.38. The topological polar surface area (TPSA) is 58.6 Å². The standard InChI is InChI=1S/C28H34N2O3S/c1-33-27-12-8-25(9-13-27)26-10-14-28(15-11-26)34(31,32)29-18-5-19-30-20-16-24(17-21-30)22-23-6-3-2-4-7-23/h2-4,6-15,24,29H,5,16-22H2,1H3. The van der Waals surface area contributed by atoms with Crippen molar-refractivity contribution in [3.63, 3.8) is 0 Å². The van der Waals surface area contributed by atoms with Crippen LogP contribution in [0.25, 0.3) is 11.1 Å². The lowest BCUT2D eigenvalue weighted by Gasteiger charge is -2.32. The third-order valence-corrected chi connectivity index (χ3v) is 8.08. The monoisotopic (exact) mass is 478 g/mol. The van der Waals surface area contributed by atoms with Crippen molar-refractivity contribution in [1.29, 1.82) is 0 Å². The fourth-order valence-electron chi connectivity index (χ4n) is 4.56. The normalized spacial score (nSPS) is 15.3. The fourth-order valence-corrected chi connectivity index (χ4v) is 5.64. The summed E-state index contributed by atoms with van der Waals surface area (Å²) in [6, 6.07) is 25.5. The van der Waals surface area contributed by atoms with Gasteiger partial charge < -0.3 is 9.64 Å². The maximum Gasteiger partial charge on any atom is 0.240 e. The average molecular weight is 479 g/mol. The van der Waals surface area contributed by atoms with E-state index in [0.717, 1.165) is 55.3 Å². The van der Waals surface area contributed by atoms with Crippen LogP contribution in [0, 0.1) is 5.92 Å². The number of sulfonamides is 1. The predicted octanol–water partition coefficient (Wildman–Crippen LogP) is 4.99. The lowest BCUT2D eigenvalue weighted by molar-refractivity contribution is 0.183. The van der Waals surface area contributed by atoms with Gasteiger partial charge in [-0.25, -0.2) is 13.1 Å². The highest BCUT2D eigenvalue weighted by atomic mass is 32.2. The van der Waals surface area contributed by atoms with Crippen LogP contribution in [0.15, 0.2) is 83.8 Å². The smallest absolute Gasteiger partial charge is 0.240 e. The Morgan fingerprint density at radius 3 is 2.12 bits per heavy atom. The second-order valence-electron chi connectivity index (χ2n) is 8.98. The number of nitrogens with zero attached hydrogens (tertiary/aromatic N) is 1. The van der Waals surface area contributed by atoms with Gasteiger partial charge in [-0.2, -0.15) is 0 Å². The van der Waals surface area contributed by atoms with E-state index in [2.05, 4.69) is 40.0 Å². The largest absolute Gasteiger partial charge is 0.497 e. The molecule has 3 aromatic carbocycles. The van der Waals surface area contributed by atoms with Crippen LogP contribution in [0.2, 0.25) is 0 Å². The van der Waals surface area contributed by atoms with Gasteiger partial charge in [0.2, 0.25) is 10.0 Å². The van der Waals surface area contributed by atoms with Crippen LogP contribution in [-0.2, 0) is 16.4 Å². The summed E-state index contributed by atoms with van der Waals surface area (Å²) in [6.07, 6.45) is 4.39. The molecule has 0 radical (unpaired) electrons. The van der Waals surface area contributed by atoms with Gasteiger partial charge >= 0.3 is 0 Å². The molecular weight excluding hydrogens is 444 g/mol. The number of benzene rings is 3. The van der Waals surface area contributed by atoms with Gasteiger partial charge in [0, 0.05) is 6.54 Å². The van der Waals surface area contributed by atoms with Crippen LogP contribution in [0.1, 0.15) is 24.8 Å². The van der Waals surface area contributed by atoms with Crippen molar-refractivity contribution < 1.29 is 13.2 Å². The maximum atomic E-state index is 12.7. The van der Waals surface area contributed by atoms with Gasteiger partial charge in [0.25, 0.3) is 0 Å². The molecule has 3 aromatic rings. The number of piperidine rings is 1. The minimum absolute atomic E-state index is 0.298. The number of hydrogen-bond acceptors (Lipinski definition) is 4. The highest BCUT2D eigenvalue weighted by molar-refractivity contribution is 7.89. The number of ether oxygens (including phenoxy) is 1. The highest BCUT2D eigenvalue weighted by Gasteiger charge is 2.19. The zero-order valence-corrected chi connectivity index (χ0v) is 20.6. The zero-order chi connectivity index (χ0) is 23.8. The second-order valence-corrected chi connectivity index (χ2v) is 10.7. The first-order chi connectivity index (χ1) is 16.5. The summed E-state index contributed by atoms with van der Waals surface area (Å²) >= 11 is 0. The van der Waals surface area contributed by atoms with Gasteiger partial charge in [-0.15, -0.1) is 0 Å². The molecule has 1 N–H and O–H groups in total. The Labute approximate surface area is 203 Å². The SMILES string of the molecule is COc1ccc(-c2ccc(S(=O)(=O)NCCCN3CCC(Cc4ccccc4)CC3)cc2)cc1. The predicted molar refractivity (Wildman–Crippen MR) is 138 cm³/mol. The molecule has 1 aliphatic rings. The summed E-state index contributed by atoms with van der Waals surface area (Å²) in [5, 5.41) is 0. The van der Waals surface area contributed by atoms with E-state index in [9.17, 15) is 8.42 Å². The van der Waals surface area contributed by atoms with Crippen molar-refractivity contribution in [2.24, 2.45) is 5.92 Å². The molecule has 0 atom stereocenters. The van der Waals surface area contributed by atoms with Crippen LogP contribution in [-0.4, -0.2) is 46.6 Å². The van der Waals surface area contributed by atoms with E-state index in [0.29, 0.717) is 11.4 Å². The van der Waals surface area contributed by atoms with E-state index in [-0.39, 0.29) is 0 Å². The number of likely N-dealkylation sites (tertiary alicyclic amines) is 1. The molecule has 6 heteroatoms. The molecule has 1 heterocycles. The molecule has 5 nitrogen and oxygen atoms in total. The van der Waals surface area contributed by atoms with E-state index in [1.54, 1.807) is 19.2 Å². The van der Waals surface area contributed by atoms with Crippen molar-refractivity contribution >= 4 is 10.0 Å². The van der Waals surface area contributed by atoms with Crippen LogP contribution >= 0.6 is 0 Å². The molecule has 0 unspecified atom stereocenters. The average Bonchev–Trinajstić information content (AvgIpc) is 2.88. The molecule has 1 saturated heterocycles. The minimum Gasteiger partial charge on any atom is -0.497 e. The number of methoxy groups -OCH3 is 1. The van der Waals surface area contributed by atoms with Crippen LogP contribution < -0.4 is 9.46 Å². The molecule has 1 fully saturated rings. The van der Waals surface area contributed by atoms with Gasteiger partial charge in [-0.05, 0) is 92.2 Å². The molecule has 0 saturated carbocycles. The van der Waals surface area contributed by atoms with Gasteiger partial charge in [-0.3, -0.25) is 0 Å². The van der Waals surface area contributed by atoms with Crippen molar-refractivity contribution in [2.75, 3.05) is 33.3 Å². The summed E-state index contributed by atoms with van der Waals surface area (Å²) in [5.74, 6) is 1.54. The van der Waals surface area contributed by atoms with Gasteiger partial charge in [0.1, 0.15) is 5.75 Å². The summed E-state index contributed by atoms with van der Waals surface area (Å²) in [4.78, 5) is 2.76. The third-order valence-electron chi connectivity index (χ3n) is 6.61. The first kappa shape index (κ1) is 24.5. The lowest BCUT2D eigenvalue weighted by Crippen LogP contribution is -2.36. The molecule has 0 bridgehead atoms. The molecule has 0 spiro atoms. The number of rotatable bonds is 10. The maximum absolute atomic E-state index is 12.7. The van der Waals surface area contributed by atoms with Gasteiger partial charge in [0.05, 0.1) is 12.0 Å². The summed E-state index contributed by atoms with van der Waals surface area (Å²) in [5.41, 5.74) is 3.41. The summed E-state index contributed by atoms with van der Waals surface area (Å²) in [7, 11) is -1.87. The van der Waals surface area contributed by atoms with E-state index < -0.39 is 10.0 Å². The Hall–Kier alpha value is -2.67. The lowest BCUT2D eigenvalue weighted by atomic mass is 9.90. The van der Waals surface area contributed by atoms with E-state index in [1.165, 1.54) is 18.4 Å². The molecule has 4 rings (SSSR count). The summed E-state index contributed by atoms with van der Waals surface area (Å²) < 4.78 is 33.3. The van der Waals surface area contributed by atoms with Crippen LogP contribution in [0.5, 0.6) is 5.75 Å². The molecule has 1 aliphatic heterocycles. The molecule has 0 aromatic heterocycles. The highest BCUT2D eigenvalue weighted by Crippen LogP contribution is 2.24. The number of hydrogen-bond donors (Lipinski definition) is 1. The summed E-state index contributed by atoms with van der Waals surface area (Å²) in [6.45, 7) is 3.57. The van der Waals surface area contributed by atoms with Crippen molar-refractivity contribution in [2.45, 2.75) is 30.6 Å². The molecular formula is C28H34N2O3S. The second kappa shape index (κ2) is 11.6. The minimum atomic E-state index is -3.50. The van der Waals surface area contributed by atoms with Crippen LogP contribution in [0.4, 0.5) is 0 Å². The van der Waals surface area contributed by atoms with E-state index in [1.807, 2.05) is 36.4 Å². The number of nitrogens with one attached hydrogen (secondary N) is 1. The fraction of sp³-hybridized carbons (Fsp3) is 0.357. The van der Waals surface area contributed by atoms with Gasteiger partial charge in [0.15, 0.2) is 0 Å². The van der Waals surface area contributed by atoms with Crippen molar-refractivity contribution in [3.8, 4) is 16.9 Å². The van der Waals surface area contributed by atoms with Crippen molar-refractivity contribution in [1.82, 2.24) is 9.62 Å².